The minimum atomic E-state index is -0.578. The molecule has 0 spiro atoms. The molecule has 0 aromatic heterocycles. The summed E-state index contributed by atoms with van der Waals surface area (Å²) in [6, 6.07) is 79.8. The molecular formula is C133H179N6O6+3. The van der Waals surface area contributed by atoms with Crippen molar-refractivity contribution in [3.63, 3.8) is 0 Å². The molecular weight excluding hydrogens is 1780 g/mol. The first-order valence-corrected chi connectivity index (χ1v) is 54.2. The van der Waals surface area contributed by atoms with Crippen LogP contribution in [0.25, 0.3) is 33.4 Å². The van der Waals surface area contributed by atoms with E-state index < -0.39 is 16.2 Å². The number of ether oxygens (including phenoxy) is 3. The van der Waals surface area contributed by atoms with Crippen molar-refractivity contribution in [1.82, 2.24) is 0 Å². The minimum Gasteiger partial charge on any atom is -0.465 e. The van der Waals surface area contributed by atoms with Gasteiger partial charge in [0, 0.05) is 87.4 Å². The Morgan fingerprint density at radius 3 is 0.697 bits per heavy atom. The number of hydrogen-bond acceptors (Lipinski definition) is 9. The van der Waals surface area contributed by atoms with Gasteiger partial charge in [-0.3, -0.25) is 14.4 Å². The van der Waals surface area contributed by atoms with Crippen molar-refractivity contribution in [2.45, 2.75) is 272 Å². The normalized spacial score (nSPS) is 16.3. The molecule has 0 aliphatic heterocycles. The third-order valence-corrected chi connectivity index (χ3v) is 30.1. The first-order valence-electron chi connectivity index (χ1n) is 54.2. The predicted octanol–water partition coefficient (Wildman–Crippen LogP) is 27.5. The molecule has 9 aromatic rings. The molecule has 3 N–H and O–H groups in total. The van der Waals surface area contributed by atoms with Gasteiger partial charge in [0.25, 0.3) is 0 Å². The van der Waals surface area contributed by atoms with E-state index in [1.165, 1.54) is 134 Å². The zero-order chi connectivity index (χ0) is 106. The fourth-order valence-electron chi connectivity index (χ4n) is 20.6. The second-order valence-corrected chi connectivity index (χ2v) is 47.6. The fourth-order valence-corrected chi connectivity index (χ4v) is 20.6. The van der Waals surface area contributed by atoms with E-state index in [1.54, 1.807) is 0 Å². The maximum absolute atomic E-state index is 13.5. The van der Waals surface area contributed by atoms with Crippen molar-refractivity contribution in [3.8, 4) is 0 Å². The Hall–Kier alpha value is -11.8. The number of unbranched alkanes of at least 4 members (excludes halogenated alkanes) is 5. The van der Waals surface area contributed by atoms with Gasteiger partial charge >= 0.3 is 17.9 Å². The zero-order valence-corrected chi connectivity index (χ0v) is 94.6. The molecule has 0 bridgehead atoms. The van der Waals surface area contributed by atoms with E-state index in [1.807, 2.05) is 0 Å². The molecule has 3 unspecified atom stereocenters. The summed E-state index contributed by atoms with van der Waals surface area (Å²) < 4.78 is 17.7. The van der Waals surface area contributed by atoms with E-state index >= 15 is 0 Å². The maximum atomic E-state index is 13.5. The van der Waals surface area contributed by atoms with Gasteiger partial charge in [-0.2, -0.15) is 0 Å². The highest BCUT2D eigenvalue weighted by atomic mass is 16.5. The van der Waals surface area contributed by atoms with Crippen molar-refractivity contribution in [3.05, 3.63) is 338 Å². The summed E-state index contributed by atoms with van der Waals surface area (Å²) in [4.78, 5) is 58.2. The Kier molecular flexibility index (Phi) is 40.5. The number of fused-ring (bicyclic) bond motifs is 3. The lowest BCUT2D eigenvalue weighted by Crippen LogP contribution is -2.74. The summed E-state index contributed by atoms with van der Waals surface area (Å²) in [5, 5.41) is 0. The van der Waals surface area contributed by atoms with Gasteiger partial charge in [0.05, 0.1) is 46.1 Å². The number of carbonyl (C=O) groups is 3. The van der Waals surface area contributed by atoms with Gasteiger partial charge < -0.3 is 28.9 Å². The van der Waals surface area contributed by atoms with Gasteiger partial charge in [-0.15, -0.1) is 0 Å². The van der Waals surface area contributed by atoms with Crippen LogP contribution < -0.4 is 29.7 Å². The Labute approximate surface area is 875 Å². The van der Waals surface area contributed by atoms with Gasteiger partial charge in [-0.1, -0.05) is 305 Å². The monoisotopic (exact) mass is 1960 g/mol. The third-order valence-electron chi connectivity index (χ3n) is 30.1. The van der Waals surface area contributed by atoms with Gasteiger partial charge in [0.2, 0.25) is 17.1 Å². The molecule has 0 fully saturated rings. The molecule has 12 heteroatoms. The highest BCUT2D eigenvalue weighted by Crippen LogP contribution is 2.52. The van der Waals surface area contributed by atoms with E-state index in [0.717, 1.165) is 134 Å². The van der Waals surface area contributed by atoms with Gasteiger partial charge in [-0.05, 0) is 323 Å². The summed E-state index contributed by atoms with van der Waals surface area (Å²) in [7, 11) is 0. The van der Waals surface area contributed by atoms with Crippen LogP contribution in [0.3, 0.4) is 0 Å². The molecule has 0 saturated carbocycles. The summed E-state index contributed by atoms with van der Waals surface area (Å²) in [5.74, 6) is -0.251. The van der Waals surface area contributed by atoms with E-state index in [9.17, 15) is 14.4 Å². The number of anilines is 3. The third kappa shape index (κ3) is 30.5. The van der Waals surface area contributed by atoms with Gasteiger partial charge in [0.1, 0.15) is 19.7 Å². The van der Waals surface area contributed by atoms with E-state index in [4.69, 9.17) is 14.2 Å². The molecule has 145 heavy (non-hydrogen) atoms. The Bertz CT molecular complexity index is 6080. The number of nitrogens with zero attached hydrogens (tertiary/aromatic N) is 3. The average Bonchev–Trinajstić information content (AvgIpc) is 0.767. The summed E-state index contributed by atoms with van der Waals surface area (Å²) in [6.07, 6.45) is 22.8. The molecule has 0 radical (unpaired) electrons. The lowest BCUT2D eigenvalue weighted by atomic mass is 9.61. The lowest BCUT2D eigenvalue weighted by molar-refractivity contribution is -0.458. The van der Waals surface area contributed by atoms with Crippen LogP contribution in [-0.2, 0) is 28.6 Å². The zero-order valence-electron chi connectivity index (χ0n) is 94.6. The van der Waals surface area contributed by atoms with E-state index in [0.29, 0.717) is 26.4 Å². The Balaban J connectivity index is 0.000000223. The molecule has 9 aromatic carbocycles. The smallest absolute Gasteiger partial charge is 0.312 e. The predicted molar refractivity (Wildman–Crippen MR) is 618 cm³/mol. The van der Waals surface area contributed by atoms with Crippen LogP contribution in [0.2, 0.25) is 0 Å². The van der Waals surface area contributed by atoms with Crippen LogP contribution in [0.1, 0.15) is 335 Å². The van der Waals surface area contributed by atoms with Crippen LogP contribution in [-0.4, -0.2) is 114 Å². The van der Waals surface area contributed by atoms with Crippen LogP contribution in [0, 0.1) is 69.5 Å². The highest BCUT2D eigenvalue weighted by molar-refractivity contribution is 6.19. The van der Waals surface area contributed by atoms with Crippen molar-refractivity contribution < 1.29 is 43.6 Å². The largest absolute Gasteiger partial charge is 0.465 e. The molecule has 0 saturated heterocycles. The van der Waals surface area contributed by atoms with E-state index in [2.05, 4.69) is 492 Å². The van der Waals surface area contributed by atoms with Crippen LogP contribution in [0.5, 0.6) is 0 Å². The molecule has 12 nitrogen and oxygen atoms in total. The Morgan fingerprint density at radius 2 is 0.462 bits per heavy atom. The topological polar surface area (TPSA) is 131 Å². The number of carbonyl (C=O) groups excluding carboxylic acids is 3. The number of hydrogen-bond donors (Lipinski definition) is 3. The highest BCUT2D eigenvalue weighted by Gasteiger charge is 2.51. The van der Waals surface area contributed by atoms with Gasteiger partial charge in [-0.25, -0.2) is 15.0 Å². The van der Waals surface area contributed by atoms with Crippen molar-refractivity contribution >= 4 is 85.5 Å². The number of esters is 3. The maximum Gasteiger partial charge on any atom is 0.312 e. The Morgan fingerprint density at radius 1 is 0.248 bits per heavy atom. The van der Waals surface area contributed by atoms with Crippen molar-refractivity contribution in [1.29, 1.82) is 0 Å². The molecule has 3 aliphatic rings. The molecule has 0 heterocycles. The number of allylic oxidation sites excluding steroid dienone is 9. The van der Waals surface area contributed by atoms with E-state index in [-0.39, 0.29) is 50.4 Å². The van der Waals surface area contributed by atoms with Crippen LogP contribution in [0.15, 0.2) is 255 Å². The van der Waals surface area contributed by atoms with Gasteiger partial charge in [0.15, 0.2) is 6.54 Å². The average molecular weight is 1960 g/mol. The standard InChI is InChI=1S/C46H62N2O2.C45H60N2O2.C42H54N2O2/c1-11-48(12-2)37-27-25-36(26-28-37)42(35-23-21-34(3)22-24-35)40-29-30-41(39-20-16-15-19-38(39)40)47-31-17-13-14-18-32-50-43(49)46(10,45(7,8)9)33-44(4,5)6;1-11-47(12-2)36-26-24-35(25-27-36)41(34-22-20-33(3)21-23-34)39-28-29-40(38-19-15-14-18-37(38)39)46-30-16-13-17-31-49-42(48)45(10,44(7,8)9)32-43(4,5)6;1-11-44(12-2)33-23-21-32(22-24-33)38(31-19-17-30(3)18-20-31)36-25-26-37(35-16-14-13-15-34(35)36)43-27-28-46-39(45)42(10,41(7,8)9)29-40(4,5)6/h15-16,19-30H,11-14,17-18,31-33H2,1-10H3;14-15,18-29H,11-13,16-17,30-32H2,1-10H3;13-26H,11-12,27-29H2,1-10H3/p+3. The summed E-state index contributed by atoms with van der Waals surface area (Å²) >= 11 is 0. The number of benzene rings is 9. The number of aryl methyl sites for hydroxylation is 3. The number of rotatable bonds is 37. The summed E-state index contributed by atoms with van der Waals surface area (Å²) in [6.45, 7) is 74.4. The SMILES string of the molecule is CCN(CC)c1ccc(C(=C2C=CC(=[NH+]CCCCCCOC(=O)C(C)(CC(C)(C)C)C(C)(C)C)c3ccccc32)c2ccc(C)cc2)cc1.CCN(CC)c1ccc(C(=C2C=CC(=[NH+]CCCCCOC(=O)C(C)(CC(C)(C)C)C(C)(C)C)c3ccccc32)c2ccc(C)cc2)cc1.CCN(CC)c1ccc(C(=C2C=CC(=[NH+]CCOC(=O)C(C)(CC(C)(C)C)C(C)(C)C)c3ccccc32)c2ccc(C)cc2)cc1. The second kappa shape index (κ2) is 51.0. The molecule has 774 valence electrons. The van der Waals surface area contributed by atoms with Crippen molar-refractivity contribution in [2.75, 3.05) is 93.4 Å². The second-order valence-electron chi connectivity index (χ2n) is 47.6. The first kappa shape index (κ1) is 115. The fraction of sp³-hybridized carbons (Fsp3) is 0.459. The quantitative estimate of drug-likeness (QED) is 0.0198. The minimum absolute atomic E-state index is 0.0157. The first-order chi connectivity index (χ1) is 68.5. The van der Waals surface area contributed by atoms with Crippen molar-refractivity contribution in [2.24, 2.45) is 48.7 Å². The lowest BCUT2D eigenvalue weighted by Gasteiger charge is -2.43. The molecule has 12 rings (SSSR count). The molecule has 3 aliphatic carbocycles. The van der Waals surface area contributed by atoms with Crippen LogP contribution in [0.4, 0.5) is 17.1 Å². The summed E-state index contributed by atoms with van der Waals surface area (Å²) in [5.41, 5.74) is 30.7. The molecule has 0 amide bonds. The van der Waals surface area contributed by atoms with Crippen LogP contribution >= 0.6 is 0 Å². The molecule has 3 atom stereocenters. The number of nitrogens with one attached hydrogen (secondary N) is 3.